The van der Waals surface area contributed by atoms with Crippen LogP contribution in [0.15, 0.2) is 48.5 Å². The molecule has 1 fully saturated rings. The zero-order chi connectivity index (χ0) is 16.8. The highest BCUT2D eigenvalue weighted by atomic mass is 127. The van der Waals surface area contributed by atoms with Gasteiger partial charge >= 0.3 is 0 Å². The molecule has 24 heavy (non-hydrogen) atoms. The molecule has 3 rings (SSSR count). The lowest BCUT2D eigenvalue weighted by Crippen LogP contribution is -2.36. The number of hydrogen-bond donors (Lipinski definition) is 2. The van der Waals surface area contributed by atoms with Gasteiger partial charge in [0.15, 0.2) is 0 Å². The van der Waals surface area contributed by atoms with Crippen LogP contribution < -0.4 is 15.5 Å². The number of anilines is 3. The van der Waals surface area contributed by atoms with E-state index in [1.54, 1.807) is 0 Å². The normalized spacial score (nSPS) is 14.3. The van der Waals surface area contributed by atoms with Crippen molar-refractivity contribution in [2.24, 2.45) is 0 Å². The molecule has 1 aliphatic heterocycles. The van der Waals surface area contributed by atoms with Gasteiger partial charge in [0.05, 0.1) is 19.8 Å². The van der Waals surface area contributed by atoms with Gasteiger partial charge in [-0.05, 0) is 71.1 Å². The summed E-state index contributed by atoms with van der Waals surface area (Å²) in [6, 6.07) is 15.9. The molecule has 6 heteroatoms. The number of hydrogen-bond acceptors (Lipinski definition) is 4. The van der Waals surface area contributed by atoms with Crippen LogP contribution in [0.4, 0.5) is 17.1 Å². The van der Waals surface area contributed by atoms with Crippen LogP contribution in [0.2, 0.25) is 0 Å². The van der Waals surface area contributed by atoms with Crippen LogP contribution in [0.3, 0.4) is 0 Å². The third kappa shape index (κ3) is 4.85. The second-order valence-corrected chi connectivity index (χ2v) is 6.80. The Balaban J connectivity index is 1.49. The number of carbonyl (C=O) groups is 1. The molecule has 0 spiro atoms. The maximum atomic E-state index is 12.0. The second kappa shape index (κ2) is 8.34. The number of amides is 1. The third-order valence-corrected chi connectivity index (χ3v) is 4.54. The first kappa shape index (κ1) is 17.0. The molecule has 1 aliphatic rings. The van der Waals surface area contributed by atoms with Gasteiger partial charge in [0.25, 0.3) is 0 Å². The lowest BCUT2D eigenvalue weighted by molar-refractivity contribution is -0.114. The Labute approximate surface area is 155 Å². The molecule has 0 unspecified atom stereocenters. The summed E-state index contributed by atoms with van der Waals surface area (Å²) in [5.41, 5.74) is 2.91. The molecule has 1 saturated heterocycles. The van der Waals surface area contributed by atoms with E-state index in [2.05, 4.69) is 38.1 Å². The van der Waals surface area contributed by atoms with Gasteiger partial charge in [0.2, 0.25) is 5.91 Å². The molecule has 0 saturated carbocycles. The van der Waals surface area contributed by atoms with E-state index in [0.29, 0.717) is 0 Å². The van der Waals surface area contributed by atoms with Crippen LogP contribution in [-0.4, -0.2) is 38.8 Å². The number of ether oxygens (including phenoxy) is 1. The Kier molecular flexibility index (Phi) is 5.92. The number of nitrogens with one attached hydrogen (secondary N) is 2. The minimum absolute atomic E-state index is 0.0623. The van der Waals surface area contributed by atoms with Crippen LogP contribution in [0.25, 0.3) is 0 Å². The molecule has 0 aliphatic carbocycles. The van der Waals surface area contributed by atoms with Crippen molar-refractivity contribution < 1.29 is 9.53 Å². The maximum absolute atomic E-state index is 12.0. The minimum atomic E-state index is -0.0623. The molecule has 1 heterocycles. The summed E-state index contributed by atoms with van der Waals surface area (Å²) in [6.07, 6.45) is 0. The molecule has 0 atom stereocenters. The van der Waals surface area contributed by atoms with Crippen LogP contribution in [0, 0.1) is 3.57 Å². The predicted molar refractivity (Wildman–Crippen MR) is 106 cm³/mol. The van der Waals surface area contributed by atoms with E-state index in [-0.39, 0.29) is 12.5 Å². The van der Waals surface area contributed by atoms with Gasteiger partial charge in [-0.1, -0.05) is 0 Å². The molecule has 126 valence electrons. The molecule has 2 aromatic carbocycles. The fourth-order valence-corrected chi connectivity index (χ4v) is 2.89. The standard InChI is InChI=1S/C18H20IN3O2/c19-14-1-3-15(4-2-14)20-13-18(23)21-16-5-7-17(8-6-16)22-9-11-24-12-10-22/h1-8,20H,9-13H2,(H,21,23). The van der Waals surface area contributed by atoms with Crippen molar-refractivity contribution in [2.75, 3.05) is 48.4 Å². The Morgan fingerprint density at radius 2 is 1.62 bits per heavy atom. The lowest BCUT2D eigenvalue weighted by Gasteiger charge is -2.28. The average Bonchev–Trinajstić information content (AvgIpc) is 2.63. The van der Waals surface area contributed by atoms with Crippen molar-refractivity contribution in [1.29, 1.82) is 0 Å². The van der Waals surface area contributed by atoms with E-state index in [0.717, 1.165) is 43.4 Å². The molecular weight excluding hydrogens is 417 g/mol. The largest absolute Gasteiger partial charge is 0.378 e. The van der Waals surface area contributed by atoms with Gasteiger partial charge in [-0.15, -0.1) is 0 Å². The van der Waals surface area contributed by atoms with Gasteiger partial charge < -0.3 is 20.3 Å². The summed E-state index contributed by atoms with van der Waals surface area (Å²) in [6.45, 7) is 3.59. The predicted octanol–water partition coefficient (Wildman–Crippen LogP) is 3.18. The van der Waals surface area contributed by atoms with Crippen molar-refractivity contribution in [3.8, 4) is 0 Å². The van der Waals surface area contributed by atoms with Crippen LogP contribution in [-0.2, 0) is 9.53 Å². The summed E-state index contributed by atoms with van der Waals surface area (Å²) in [7, 11) is 0. The fourth-order valence-electron chi connectivity index (χ4n) is 2.53. The molecule has 0 radical (unpaired) electrons. The van der Waals surface area contributed by atoms with Gasteiger partial charge in [-0.2, -0.15) is 0 Å². The molecule has 5 nitrogen and oxygen atoms in total. The number of rotatable bonds is 5. The van der Waals surface area contributed by atoms with Gasteiger partial charge in [0.1, 0.15) is 0 Å². The number of morpholine rings is 1. The van der Waals surface area contributed by atoms with Crippen LogP contribution in [0.1, 0.15) is 0 Å². The summed E-state index contributed by atoms with van der Waals surface area (Å²) in [4.78, 5) is 14.3. The minimum Gasteiger partial charge on any atom is -0.378 e. The molecule has 2 N–H and O–H groups in total. The molecule has 0 bridgehead atoms. The van der Waals surface area contributed by atoms with E-state index >= 15 is 0 Å². The molecular formula is C18H20IN3O2. The van der Waals surface area contributed by atoms with E-state index in [1.807, 2.05) is 48.5 Å². The first-order valence-electron chi connectivity index (χ1n) is 7.93. The summed E-state index contributed by atoms with van der Waals surface area (Å²) >= 11 is 2.25. The second-order valence-electron chi connectivity index (χ2n) is 5.55. The third-order valence-electron chi connectivity index (χ3n) is 3.82. The first-order valence-corrected chi connectivity index (χ1v) is 9.01. The summed E-state index contributed by atoms with van der Waals surface area (Å²) < 4.78 is 6.53. The highest BCUT2D eigenvalue weighted by Crippen LogP contribution is 2.19. The van der Waals surface area contributed by atoms with Crippen LogP contribution in [0.5, 0.6) is 0 Å². The summed E-state index contributed by atoms with van der Waals surface area (Å²) in [5, 5.41) is 6.03. The molecule has 2 aromatic rings. The molecule has 1 amide bonds. The Morgan fingerprint density at radius 3 is 2.29 bits per heavy atom. The Morgan fingerprint density at radius 1 is 1.00 bits per heavy atom. The number of nitrogens with zero attached hydrogens (tertiary/aromatic N) is 1. The fraction of sp³-hybridized carbons (Fsp3) is 0.278. The van der Waals surface area contributed by atoms with Crippen molar-refractivity contribution in [3.05, 3.63) is 52.1 Å². The Bertz CT molecular complexity index is 668. The summed E-state index contributed by atoms with van der Waals surface area (Å²) in [5.74, 6) is -0.0623. The van der Waals surface area contributed by atoms with E-state index in [4.69, 9.17) is 4.74 Å². The van der Waals surface area contributed by atoms with Gasteiger partial charge in [-0.3, -0.25) is 4.79 Å². The van der Waals surface area contributed by atoms with Gasteiger partial charge in [0, 0.05) is 33.7 Å². The van der Waals surface area contributed by atoms with E-state index in [1.165, 1.54) is 3.57 Å². The zero-order valence-electron chi connectivity index (χ0n) is 13.3. The van der Waals surface area contributed by atoms with E-state index < -0.39 is 0 Å². The maximum Gasteiger partial charge on any atom is 0.243 e. The van der Waals surface area contributed by atoms with Gasteiger partial charge in [-0.25, -0.2) is 0 Å². The number of carbonyl (C=O) groups excluding carboxylic acids is 1. The SMILES string of the molecule is O=C(CNc1ccc(I)cc1)Nc1ccc(N2CCOCC2)cc1. The van der Waals surface area contributed by atoms with Crippen molar-refractivity contribution in [1.82, 2.24) is 0 Å². The zero-order valence-corrected chi connectivity index (χ0v) is 15.5. The lowest BCUT2D eigenvalue weighted by atomic mass is 10.2. The van der Waals surface area contributed by atoms with Crippen molar-refractivity contribution in [3.63, 3.8) is 0 Å². The monoisotopic (exact) mass is 437 g/mol. The molecule has 0 aromatic heterocycles. The van der Waals surface area contributed by atoms with Crippen molar-refractivity contribution in [2.45, 2.75) is 0 Å². The quantitative estimate of drug-likeness (QED) is 0.706. The number of halogens is 1. The first-order chi connectivity index (χ1) is 11.7. The topological polar surface area (TPSA) is 53.6 Å². The van der Waals surface area contributed by atoms with Crippen LogP contribution >= 0.6 is 22.6 Å². The van der Waals surface area contributed by atoms with E-state index in [9.17, 15) is 4.79 Å². The smallest absolute Gasteiger partial charge is 0.243 e. The average molecular weight is 437 g/mol. The Hall–Kier alpha value is -1.80. The number of benzene rings is 2. The highest BCUT2D eigenvalue weighted by molar-refractivity contribution is 14.1. The van der Waals surface area contributed by atoms with Crippen molar-refractivity contribution >= 4 is 45.6 Å². The highest BCUT2D eigenvalue weighted by Gasteiger charge is 2.11.